The Morgan fingerprint density at radius 2 is 1.90 bits per heavy atom. The van der Waals surface area contributed by atoms with Crippen LogP contribution in [0.15, 0.2) is 52.3 Å². The monoisotopic (exact) mass is 438 g/mol. The van der Waals surface area contributed by atoms with E-state index in [1.807, 2.05) is 13.0 Å². The van der Waals surface area contributed by atoms with Gasteiger partial charge in [0.05, 0.1) is 11.9 Å². The van der Waals surface area contributed by atoms with Crippen molar-refractivity contribution >= 4 is 26.5 Å². The summed E-state index contributed by atoms with van der Waals surface area (Å²) in [6, 6.07) is 10.1. The van der Waals surface area contributed by atoms with Crippen LogP contribution in [0.2, 0.25) is 0 Å². The van der Waals surface area contributed by atoms with Crippen molar-refractivity contribution in [3.05, 3.63) is 69.6 Å². The van der Waals surface area contributed by atoms with E-state index in [4.69, 9.17) is 14.9 Å². The third kappa shape index (κ3) is 3.15. The first kappa shape index (κ1) is 19.3. The minimum absolute atomic E-state index is 0.125. The average molecular weight is 438 g/mol. The van der Waals surface area contributed by atoms with E-state index in [0.717, 1.165) is 17.4 Å². The van der Waals surface area contributed by atoms with E-state index in [1.165, 1.54) is 15.0 Å². The van der Waals surface area contributed by atoms with Crippen molar-refractivity contribution in [3.63, 3.8) is 0 Å². The lowest BCUT2D eigenvalue weighted by Crippen LogP contribution is -2.30. The number of aromatic nitrogens is 3. The fraction of sp³-hybridized carbons (Fsp3) is 0.190. The van der Waals surface area contributed by atoms with Crippen LogP contribution in [0.5, 0.6) is 11.5 Å². The maximum absolute atomic E-state index is 13.2. The van der Waals surface area contributed by atoms with Crippen LogP contribution in [0.4, 0.5) is 0 Å². The molecule has 0 spiro atoms. The van der Waals surface area contributed by atoms with Crippen LogP contribution in [0.1, 0.15) is 11.1 Å². The van der Waals surface area contributed by atoms with E-state index in [-0.39, 0.29) is 34.8 Å². The summed E-state index contributed by atoms with van der Waals surface area (Å²) in [7, 11) is -3.76. The van der Waals surface area contributed by atoms with Crippen LogP contribution in [0, 0.1) is 12.3 Å². The molecule has 1 aromatic carbocycles. The van der Waals surface area contributed by atoms with Gasteiger partial charge in [0.2, 0.25) is 6.79 Å². The zero-order chi connectivity index (χ0) is 21.9. The van der Waals surface area contributed by atoms with Crippen molar-refractivity contribution in [2.75, 3.05) is 13.0 Å². The minimum Gasteiger partial charge on any atom is -0.454 e. The van der Waals surface area contributed by atoms with Crippen LogP contribution < -0.4 is 20.5 Å². The molecule has 0 amide bonds. The number of sulfone groups is 1. The minimum atomic E-state index is -3.76. The van der Waals surface area contributed by atoms with Crippen LogP contribution in [-0.2, 0) is 16.4 Å². The van der Waals surface area contributed by atoms with Gasteiger partial charge in [-0.3, -0.25) is 14.6 Å². The standard InChI is InChI=1S/C21H18N4O5S/c1-12-3-6-18-23-20-14(21(26)24(18)9-12)8-17(31(2,27)28)19(22)25(20)10-13-4-5-15-16(7-13)30-11-29-15/h3-9,22H,10-11H2,1-2H3. The van der Waals surface area contributed by atoms with Crippen LogP contribution >= 0.6 is 0 Å². The normalized spacial score (nSPS) is 13.2. The van der Waals surface area contributed by atoms with Gasteiger partial charge in [0.1, 0.15) is 21.7 Å². The number of pyridine rings is 2. The number of benzene rings is 1. The van der Waals surface area contributed by atoms with Gasteiger partial charge in [-0.05, 0) is 42.3 Å². The lowest BCUT2D eigenvalue weighted by Gasteiger charge is -2.14. The van der Waals surface area contributed by atoms with Gasteiger partial charge >= 0.3 is 0 Å². The zero-order valence-electron chi connectivity index (χ0n) is 16.7. The molecule has 0 radical (unpaired) electrons. The number of nitrogens with zero attached hydrogens (tertiary/aromatic N) is 3. The quantitative estimate of drug-likeness (QED) is 0.486. The van der Waals surface area contributed by atoms with Crippen molar-refractivity contribution in [1.82, 2.24) is 14.0 Å². The van der Waals surface area contributed by atoms with E-state index in [9.17, 15) is 13.2 Å². The number of nitrogens with one attached hydrogen (secondary N) is 1. The summed E-state index contributed by atoms with van der Waals surface area (Å²) in [5.74, 6) is 1.19. The molecule has 1 aliphatic heterocycles. The summed E-state index contributed by atoms with van der Waals surface area (Å²) >= 11 is 0. The summed E-state index contributed by atoms with van der Waals surface area (Å²) in [6.07, 6.45) is 2.67. The Balaban J connectivity index is 1.84. The van der Waals surface area contributed by atoms with E-state index < -0.39 is 15.4 Å². The number of aryl methyl sites for hydroxylation is 1. The molecule has 0 aliphatic carbocycles. The fourth-order valence-electron chi connectivity index (χ4n) is 3.68. The molecule has 0 saturated heterocycles. The first-order chi connectivity index (χ1) is 14.7. The Labute approximate surface area is 176 Å². The lowest BCUT2D eigenvalue weighted by molar-refractivity contribution is 0.174. The molecule has 1 aliphatic rings. The highest BCUT2D eigenvalue weighted by Gasteiger charge is 2.20. The second-order valence-electron chi connectivity index (χ2n) is 7.49. The Morgan fingerprint density at radius 1 is 1.13 bits per heavy atom. The first-order valence-corrected chi connectivity index (χ1v) is 11.3. The Hall–Kier alpha value is -3.66. The van der Waals surface area contributed by atoms with E-state index in [0.29, 0.717) is 17.1 Å². The molecule has 0 fully saturated rings. The number of rotatable bonds is 3. The van der Waals surface area contributed by atoms with Crippen molar-refractivity contribution < 1.29 is 17.9 Å². The van der Waals surface area contributed by atoms with Gasteiger partial charge in [-0.25, -0.2) is 13.4 Å². The third-order valence-electron chi connectivity index (χ3n) is 5.20. The van der Waals surface area contributed by atoms with Gasteiger partial charge in [-0.2, -0.15) is 0 Å². The molecule has 1 N–H and O–H groups in total. The Morgan fingerprint density at radius 3 is 2.68 bits per heavy atom. The Bertz CT molecular complexity index is 1620. The predicted octanol–water partition coefficient (Wildman–Crippen LogP) is 1.62. The van der Waals surface area contributed by atoms with Crippen LogP contribution in [0.3, 0.4) is 0 Å². The average Bonchev–Trinajstić information content (AvgIpc) is 3.18. The maximum Gasteiger partial charge on any atom is 0.267 e. The summed E-state index contributed by atoms with van der Waals surface area (Å²) in [6.45, 7) is 2.11. The topological polar surface area (TPSA) is 116 Å². The molecular weight excluding hydrogens is 420 g/mol. The molecular formula is C21H18N4O5S. The van der Waals surface area contributed by atoms with Gasteiger partial charge in [0.15, 0.2) is 21.3 Å². The molecule has 31 heavy (non-hydrogen) atoms. The lowest BCUT2D eigenvalue weighted by atomic mass is 10.2. The second-order valence-corrected chi connectivity index (χ2v) is 9.48. The van der Waals surface area contributed by atoms with Crippen LogP contribution in [0.25, 0.3) is 16.7 Å². The Kier molecular flexibility index (Phi) is 4.16. The molecule has 4 heterocycles. The van der Waals surface area contributed by atoms with Crippen molar-refractivity contribution in [2.45, 2.75) is 18.4 Å². The van der Waals surface area contributed by atoms with Crippen molar-refractivity contribution in [3.8, 4) is 11.5 Å². The zero-order valence-corrected chi connectivity index (χ0v) is 17.6. The number of hydrogen-bond acceptors (Lipinski definition) is 7. The molecule has 0 bridgehead atoms. The maximum atomic E-state index is 13.2. The number of ether oxygens (including phenoxy) is 2. The van der Waals surface area contributed by atoms with Crippen LogP contribution in [-0.4, -0.2) is 35.4 Å². The highest BCUT2D eigenvalue weighted by atomic mass is 32.2. The third-order valence-corrected chi connectivity index (χ3v) is 6.31. The number of fused-ring (bicyclic) bond motifs is 3. The fourth-order valence-corrected chi connectivity index (χ4v) is 4.47. The van der Waals surface area contributed by atoms with Gasteiger partial charge in [0, 0.05) is 12.5 Å². The highest BCUT2D eigenvalue weighted by molar-refractivity contribution is 7.90. The van der Waals surface area contributed by atoms with Gasteiger partial charge in [0.25, 0.3) is 5.56 Å². The largest absolute Gasteiger partial charge is 0.454 e. The number of hydrogen-bond donors (Lipinski definition) is 1. The molecule has 9 nitrogen and oxygen atoms in total. The summed E-state index contributed by atoms with van der Waals surface area (Å²) in [5, 5.41) is 8.70. The molecule has 4 aromatic rings. The van der Waals surface area contributed by atoms with Crippen molar-refractivity contribution in [1.29, 1.82) is 5.41 Å². The van der Waals surface area contributed by atoms with Crippen molar-refractivity contribution in [2.24, 2.45) is 0 Å². The van der Waals surface area contributed by atoms with Gasteiger partial charge in [-0.15, -0.1) is 0 Å². The predicted molar refractivity (Wildman–Crippen MR) is 112 cm³/mol. The summed E-state index contributed by atoms with van der Waals surface area (Å²) in [4.78, 5) is 17.6. The van der Waals surface area contributed by atoms with E-state index in [1.54, 1.807) is 30.5 Å². The van der Waals surface area contributed by atoms with E-state index in [2.05, 4.69) is 4.98 Å². The molecule has 0 atom stereocenters. The molecule has 10 heteroatoms. The smallest absolute Gasteiger partial charge is 0.267 e. The van der Waals surface area contributed by atoms with Gasteiger partial charge < -0.3 is 14.0 Å². The summed E-state index contributed by atoms with van der Waals surface area (Å²) < 4.78 is 38.3. The van der Waals surface area contributed by atoms with Gasteiger partial charge in [-0.1, -0.05) is 12.1 Å². The first-order valence-electron chi connectivity index (χ1n) is 9.42. The molecule has 158 valence electrons. The highest BCUT2D eigenvalue weighted by Crippen LogP contribution is 2.32. The molecule has 0 saturated carbocycles. The summed E-state index contributed by atoms with van der Waals surface area (Å²) in [5.41, 5.74) is 1.63. The van der Waals surface area contributed by atoms with E-state index >= 15 is 0 Å². The molecule has 5 rings (SSSR count). The molecule has 3 aromatic heterocycles. The molecule has 0 unspecified atom stereocenters. The SMILES string of the molecule is Cc1ccc2nc3c(cc(S(C)(=O)=O)c(=N)n3Cc3ccc4c(c3)OCO4)c(=O)n2c1. The second kappa shape index (κ2) is 6.67.